The van der Waals surface area contributed by atoms with Crippen LogP contribution in [0.15, 0.2) is 12.7 Å². The maximum Gasteiger partial charge on any atom is 0.323 e. The Morgan fingerprint density at radius 1 is 1.14 bits per heavy atom. The standard InChI is InChI=1S/C23H33N5O9/c1-3-13(2)19(24)23(33)36-9-14(29)8-34-17(30)6-7-18(31)35-10-15-4-5-16(37-15)28-12-27-20-21(28)25-11-26-22(20)32/h11-16,19,29H,3-10,24H2,1-2H3,(H,25,26,32)/t13-,14?,15-,16+,19-/m0/s1. The van der Waals surface area contributed by atoms with E-state index >= 15 is 0 Å². The van der Waals surface area contributed by atoms with E-state index in [9.17, 15) is 24.6 Å². The molecule has 4 N–H and O–H groups in total. The fourth-order valence-electron chi connectivity index (χ4n) is 3.60. The summed E-state index contributed by atoms with van der Waals surface area (Å²) in [6, 6.07) is -0.791. The van der Waals surface area contributed by atoms with Gasteiger partial charge in [0.05, 0.1) is 25.3 Å². The lowest BCUT2D eigenvalue weighted by Gasteiger charge is -2.18. The molecule has 0 saturated carbocycles. The zero-order valence-electron chi connectivity index (χ0n) is 20.8. The number of carbonyl (C=O) groups is 3. The minimum atomic E-state index is -1.21. The number of esters is 3. The Morgan fingerprint density at radius 3 is 2.57 bits per heavy atom. The number of imidazole rings is 1. The van der Waals surface area contributed by atoms with Gasteiger partial charge in [-0.2, -0.15) is 4.98 Å². The summed E-state index contributed by atoms with van der Waals surface area (Å²) in [6.07, 6.45) is 2.33. The van der Waals surface area contributed by atoms with Gasteiger partial charge < -0.3 is 34.9 Å². The number of aliphatic hydroxyl groups is 1. The molecule has 1 fully saturated rings. The summed E-state index contributed by atoms with van der Waals surface area (Å²) in [5.74, 6) is -2.21. The summed E-state index contributed by atoms with van der Waals surface area (Å²) in [7, 11) is 0. The maximum absolute atomic E-state index is 12.0. The average molecular weight is 524 g/mol. The Hall–Kier alpha value is -3.36. The fourth-order valence-corrected chi connectivity index (χ4v) is 3.60. The first-order valence-electron chi connectivity index (χ1n) is 12.1. The number of rotatable bonds is 13. The van der Waals surface area contributed by atoms with Crippen molar-refractivity contribution in [2.75, 3.05) is 19.8 Å². The predicted octanol–water partition coefficient (Wildman–Crippen LogP) is 0.354. The van der Waals surface area contributed by atoms with E-state index in [1.807, 2.05) is 13.8 Å². The molecule has 0 bridgehead atoms. The Balaban J connectivity index is 1.30. The summed E-state index contributed by atoms with van der Waals surface area (Å²) in [6.45, 7) is 2.99. The third kappa shape index (κ3) is 7.81. The lowest BCUT2D eigenvalue weighted by Crippen LogP contribution is -2.39. The van der Waals surface area contributed by atoms with Gasteiger partial charge in [-0.05, 0) is 18.8 Å². The van der Waals surface area contributed by atoms with Gasteiger partial charge in [0.1, 0.15) is 44.5 Å². The molecule has 3 heterocycles. The van der Waals surface area contributed by atoms with Gasteiger partial charge in [0.2, 0.25) is 5.88 Å². The Morgan fingerprint density at radius 2 is 1.84 bits per heavy atom. The number of hydrogen-bond acceptors (Lipinski definition) is 13. The number of nitrogens with two attached hydrogens (primary N) is 1. The van der Waals surface area contributed by atoms with Crippen molar-refractivity contribution in [2.45, 2.75) is 70.4 Å². The van der Waals surface area contributed by atoms with E-state index in [1.165, 1.54) is 12.7 Å². The highest BCUT2D eigenvalue weighted by Crippen LogP contribution is 2.31. The first-order valence-corrected chi connectivity index (χ1v) is 12.1. The van der Waals surface area contributed by atoms with Crippen molar-refractivity contribution in [3.63, 3.8) is 0 Å². The first-order chi connectivity index (χ1) is 17.7. The van der Waals surface area contributed by atoms with Crippen LogP contribution in [-0.2, 0) is 33.3 Å². The van der Waals surface area contributed by atoms with E-state index in [1.54, 1.807) is 4.57 Å². The van der Waals surface area contributed by atoms with Gasteiger partial charge in [0.15, 0.2) is 11.2 Å². The summed E-state index contributed by atoms with van der Waals surface area (Å²) in [4.78, 5) is 47.6. The van der Waals surface area contributed by atoms with Crippen molar-refractivity contribution in [3.05, 3.63) is 12.7 Å². The molecule has 0 aliphatic carbocycles. The van der Waals surface area contributed by atoms with Crippen LogP contribution in [0.3, 0.4) is 0 Å². The van der Waals surface area contributed by atoms with E-state index in [0.29, 0.717) is 24.9 Å². The second-order valence-corrected chi connectivity index (χ2v) is 8.87. The van der Waals surface area contributed by atoms with Gasteiger partial charge in [0.25, 0.3) is 0 Å². The fraction of sp³-hybridized carbons (Fsp3) is 0.652. The molecule has 2 aromatic heterocycles. The first kappa shape index (κ1) is 28.2. The summed E-state index contributed by atoms with van der Waals surface area (Å²) in [5.41, 5.74) is 6.46. The smallest absolute Gasteiger partial charge is 0.323 e. The molecule has 0 aromatic carbocycles. The molecule has 1 unspecified atom stereocenters. The number of aromatic hydroxyl groups is 1. The maximum atomic E-state index is 12.0. The van der Waals surface area contributed by atoms with Gasteiger partial charge in [-0.25, -0.2) is 9.97 Å². The molecule has 1 aliphatic heterocycles. The normalized spacial score (nSPS) is 19.8. The molecular formula is C23H33N5O9. The van der Waals surface area contributed by atoms with Gasteiger partial charge in [-0.1, -0.05) is 20.3 Å². The van der Waals surface area contributed by atoms with Crippen LogP contribution in [0, 0.1) is 5.92 Å². The van der Waals surface area contributed by atoms with Gasteiger partial charge in [0, 0.05) is 0 Å². The third-order valence-electron chi connectivity index (χ3n) is 6.08. The molecule has 37 heavy (non-hydrogen) atoms. The second-order valence-electron chi connectivity index (χ2n) is 8.87. The molecule has 1 saturated heterocycles. The van der Waals surface area contributed by atoms with Crippen LogP contribution in [0.1, 0.15) is 52.2 Å². The van der Waals surface area contributed by atoms with Crippen molar-refractivity contribution >= 4 is 29.1 Å². The summed E-state index contributed by atoms with van der Waals surface area (Å²) >= 11 is 0. The lowest BCUT2D eigenvalue weighted by atomic mass is 10.0. The van der Waals surface area contributed by atoms with Crippen LogP contribution in [0.4, 0.5) is 0 Å². The van der Waals surface area contributed by atoms with Gasteiger partial charge >= 0.3 is 17.9 Å². The van der Waals surface area contributed by atoms with Crippen molar-refractivity contribution in [3.8, 4) is 5.88 Å². The highest BCUT2D eigenvalue weighted by molar-refractivity contribution is 5.78. The lowest BCUT2D eigenvalue weighted by molar-refractivity contribution is -0.157. The van der Waals surface area contributed by atoms with E-state index in [-0.39, 0.29) is 62.3 Å². The van der Waals surface area contributed by atoms with E-state index < -0.39 is 30.1 Å². The quantitative estimate of drug-likeness (QED) is 0.240. The molecule has 5 atom stereocenters. The Kier molecular flexibility index (Phi) is 10.1. The van der Waals surface area contributed by atoms with Crippen LogP contribution < -0.4 is 5.73 Å². The molecular weight excluding hydrogens is 490 g/mol. The molecule has 204 valence electrons. The second kappa shape index (κ2) is 13.3. The minimum Gasteiger partial charge on any atom is -0.492 e. The van der Waals surface area contributed by atoms with E-state index in [2.05, 4.69) is 15.0 Å². The number of aromatic nitrogens is 4. The predicted molar refractivity (Wildman–Crippen MR) is 126 cm³/mol. The molecule has 0 spiro atoms. The molecule has 1 aliphatic rings. The zero-order chi connectivity index (χ0) is 26.9. The number of ether oxygens (including phenoxy) is 4. The summed E-state index contributed by atoms with van der Waals surface area (Å²) < 4.78 is 22.7. The van der Waals surface area contributed by atoms with Crippen LogP contribution in [0.25, 0.3) is 11.2 Å². The molecule has 0 radical (unpaired) electrons. The van der Waals surface area contributed by atoms with Crippen LogP contribution in [0.2, 0.25) is 0 Å². The van der Waals surface area contributed by atoms with Gasteiger partial charge in [-0.15, -0.1) is 0 Å². The van der Waals surface area contributed by atoms with Crippen molar-refractivity contribution < 1.29 is 43.5 Å². The minimum absolute atomic E-state index is 0.0140. The Labute approximate surface area is 213 Å². The molecule has 14 nitrogen and oxygen atoms in total. The zero-order valence-corrected chi connectivity index (χ0v) is 20.8. The summed E-state index contributed by atoms with van der Waals surface area (Å²) in [5, 5.41) is 19.6. The van der Waals surface area contributed by atoms with Crippen molar-refractivity contribution in [1.29, 1.82) is 0 Å². The number of nitrogens with zero attached hydrogens (tertiary/aromatic N) is 4. The Bertz CT molecular complexity index is 1080. The van der Waals surface area contributed by atoms with Crippen molar-refractivity contribution in [1.82, 2.24) is 19.5 Å². The van der Waals surface area contributed by atoms with Crippen LogP contribution in [0.5, 0.6) is 5.88 Å². The molecule has 14 heteroatoms. The van der Waals surface area contributed by atoms with Crippen molar-refractivity contribution in [2.24, 2.45) is 11.7 Å². The largest absolute Gasteiger partial charge is 0.492 e. The monoisotopic (exact) mass is 523 g/mol. The van der Waals surface area contributed by atoms with Gasteiger partial charge in [-0.3, -0.25) is 19.0 Å². The molecule has 3 rings (SSSR count). The molecule has 0 amide bonds. The number of aliphatic hydroxyl groups excluding tert-OH is 1. The third-order valence-corrected chi connectivity index (χ3v) is 6.08. The topological polar surface area (TPSA) is 198 Å². The SMILES string of the molecule is CC[C@H](C)[C@H](N)C(=O)OCC(O)COC(=O)CCC(=O)OC[C@@H]1CC[C@H](n2cnc3c(O)ncnc32)O1. The molecule has 2 aromatic rings. The van der Waals surface area contributed by atoms with Crippen LogP contribution in [-0.4, -0.2) is 85.7 Å². The average Bonchev–Trinajstić information content (AvgIpc) is 3.54. The van der Waals surface area contributed by atoms with E-state index in [4.69, 9.17) is 24.7 Å². The highest BCUT2D eigenvalue weighted by Gasteiger charge is 2.29. The van der Waals surface area contributed by atoms with Crippen LogP contribution >= 0.6 is 0 Å². The number of carbonyl (C=O) groups excluding carboxylic acids is 3. The highest BCUT2D eigenvalue weighted by atomic mass is 16.6. The van der Waals surface area contributed by atoms with E-state index in [0.717, 1.165) is 0 Å². The number of hydrogen-bond donors (Lipinski definition) is 3. The number of fused-ring (bicyclic) bond motifs is 1.